The Bertz CT molecular complexity index is 680. The first kappa shape index (κ1) is 16.5. The van der Waals surface area contributed by atoms with Gasteiger partial charge in [0.15, 0.2) is 6.61 Å². The lowest BCUT2D eigenvalue weighted by Crippen LogP contribution is -2.21. The molecule has 0 bridgehead atoms. The molecule has 0 radical (unpaired) electrons. The van der Waals surface area contributed by atoms with E-state index in [0.717, 1.165) is 11.1 Å². The van der Waals surface area contributed by atoms with Gasteiger partial charge in [-0.1, -0.05) is 29.8 Å². The van der Waals surface area contributed by atoms with Gasteiger partial charge in [0, 0.05) is 5.69 Å². The van der Waals surface area contributed by atoms with E-state index in [1.54, 1.807) is 43.5 Å². The summed E-state index contributed by atoms with van der Waals surface area (Å²) in [6.07, 6.45) is 0.0923. The topological polar surface area (TPSA) is 64.6 Å². The fourth-order valence-electron chi connectivity index (χ4n) is 1.98. The van der Waals surface area contributed by atoms with Crippen LogP contribution >= 0.6 is 0 Å². The van der Waals surface area contributed by atoms with Gasteiger partial charge in [0.25, 0.3) is 5.91 Å². The minimum atomic E-state index is -0.461. The smallest absolute Gasteiger partial charge is 0.310 e. The Labute approximate surface area is 135 Å². The van der Waals surface area contributed by atoms with Crippen molar-refractivity contribution in [3.63, 3.8) is 0 Å². The van der Waals surface area contributed by atoms with Gasteiger partial charge in [0.2, 0.25) is 0 Å². The molecule has 0 saturated carbocycles. The molecule has 120 valence electrons. The normalized spacial score (nSPS) is 10.0. The summed E-state index contributed by atoms with van der Waals surface area (Å²) in [4.78, 5) is 23.5. The molecule has 0 aliphatic carbocycles. The van der Waals surface area contributed by atoms with E-state index in [-0.39, 0.29) is 18.9 Å². The Morgan fingerprint density at radius 1 is 1.09 bits per heavy atom. The van der Waals surface area contributed by atoms with Crippen molar-refractivity contribution >= 4 is 17.6 Å². The largest absolute Gasteiger partial charge is 0.497 e. The Hall–Kier alpha value is -2.82. The molecule has 5 heteroatoms. The van der Waals surface area contributed by atoms with Crippen LogP contribution in [0.25, 0.3) is 0 Å². The fourth-order valence-corrected chi connectivity index (χ4v) is 1.98. The number of methoxy groups -OCH3 is 1. The summed E-state index contributed by atoms with van der Waals surface area (Å²) in [7, 11) is 1.56. The molecule has 5 nitrogen and oxygen atoms in total. The van der Waals surface area contributed by atoms with Gasteiger partial charge in [-0.05, 0) is 36.8 Å². The van der Waals surface area contributed by atoms with Crippen LogP contribution in [0.4, 0.5) is 5.69 Å². The summed E-state index contributed by atoms with van der Waals surface area (Å²) in [5.74, 6) is -0.155. The fraction of sp³-hybridized carbons (Fsp3) is 0.222. The molecule has 1 N–H and O–H groups in total. The molecule has 2 aromatic carbocycles. The summed E-state index contributed by atoms with van der Waals surface area (Å²) in [5.41, 5.74) is 2.55. The van der Waals surface area contributed by atoms with Crippen LogP contribution in [0.2, 0.25) is 0 Å². The average Bonchev–Trinajstić information content (AvgIpc) is 2.55. The van der Waals surface area contributed by atoms with Crippen molar-refractivity contribution in [2.45, 2.75) is 13.3 Å². The maximum absolute atomic E-state index is 11.8. The van der Waals surface area contributed by atoms with Gasteiger partial charge < -0.3 is 14.8 Å². The van der Waals surface area contributed by atoms with Crippen LogP contribution in [0.3, 0.4) is 0 Å². The lowest BCUT2D eigenvalue weighted by molar-refractivity contribution is -0.146. The zero-order valence-electron chi connectivity index (χ0n) is 13.2. The Kier molecular flexibility index (Phi) is 5.74. The van der Waals surface area contributed by atoms with Crippen LogP contribution < -0.4 is 10.1 Å². The van der Waals surface area contributed by atoms with Crippen LogP contribution in [0.5, 0.6) is 5.75 Å². The maximum Gasteiger partial charge on any atom is 0.310 e. The number of hydrogen-bond donors (Lipinski definition) is 1. The zero-order chi connectivity index (χ0) is 16.7. The number of rotatable bonds is 6. The number of carbonyl (C=O) groups excluding carboxylic acids is 2. The van der Waals surface area contributed by atoms with E-state index >= 15 is 0 Å². The molecule has 0 atom stereocenters. The molecule has 0 unspecified atom stereocenters. The number of esters is 1. The lowest BCUT2D eigenvalue weighted by atomic mass is 10.1. The third kappa shape index (κ3) is 5.47. The zero-order valence-corrected chi connectivity index (χ0v) is 13.2. The molecule has 0 heterocycles. The first-order chi connectivity index (χ1) is 11.1. The number of carbonyl (C=O) groups is 2. The maximum atomic E-state index is 11.8. The second-order valence-electron chi connectivity index (χ2n) is 5.10. The van der Waals surface area contributed by atoms with Crippen molar-refractivity contribution in [1.82, 2.24) is 0 Å². The Morgan fingerprint density at radius 3 is 2.52 bits per heavy atom. The van der Waals surface area contributed by atoms with Crippen LogP contribution in [0.15, 0.2) is 48.5 Å². The number of anilines is 1. The third-order valence-electron chi connectivity index (χ3n) is 3.18. The molecular weight excluding hydrogens is 294 g/mol. The second kappa shape index (κ2) is 7.98. The predicted octanol–water partition coefficient (Wildman–Crippen LogP) is 2.73. The van der Waals surface area contributed by atoms with Gasteiger partial charge in [-0.15, -0.1) is 0 Å². The summed E-state index contributed by atoms with van der Waals surface area (Å²) < 4.78 is 10.1. The van der Waals surface area contributed by atoms with Crippen LogP contribution in [0.1, 0.15) is 11.1 Å². The Morgan fingerprint density at radius 2 is 1.83 bits per heavy atom. The molecular formula is C18H19NO4. The molecule has 0 spiro atoms. The molecule has 0 saturated heterocycles. The summed E-state index contributed by atoms with van der Waals surface area (Å²) in [6.45, 7) is 1.66. The minimum Gasteiger partial charge on any atom is -0.497 e. The van der Waals surface area contributed by atoms with Crippen LogP contribution in [-0.2, 0) is 20.7 Å². The van der Waals surface area contributed by atoms with E-state index in [1.165, 1.54) is 0 Å². The standard InChI is InChI=1S/C18H19NO4/c1-13-6-8-15(9-7-13)19-17(20)12-23-18(21)11-14-4-3-5-16(10-14)22-2/h3-10H,11-12H2,1-2H3,(H,19,20). The van der Waals surface area contributed by atoms with E-state index in [9.17, 15) is 9.59 Å². The summed E-state index contributed by atoms with van der Waals surface area (Å²) in [6, 6.07) is 14.5. The number of benzene rings is 2. The molecule has 1 amide bonds. The molecule has 0 aromatic heterocycles. The quantitative estimate of drug-likeness (QED) is 0.833. The van der Waals surface area contributed by atoms with Crippen LogP contribution in [0, 0.1) is 6.92 Å². The van der Waals surface area contributed by atoms with E-state index in [1.807, 2.05) is 19.1 Å². The van der Waals surface area contributed by atoms with Crippen molar-refractivity contribution in [3.05, 3.63) is 59.7 Å². The average molecular weight is 313 g/mol. The monoisotopic (exact) mass is 313 g/mol. The van der Waals surface area contributed by atoms with Gasteiger partial charge in [0.1, 0.15) is 5.75 Å². The molecule has 0 aliphatic heterocycles. The molecule has 2 rings (SSSR count). The highest BCUT2D eigenvalue weighted by Gasteiger charge is 2.09. The second-order valence-corrected chi connectivity index (χ2v) is 5.10. The Balaban J connectivity index is 1.79. The van der Waals surface area contributed by atoms with Gasteiger partial charge >= 0.3 is 5.97 Å². The number of aryl methyl sites for hydroxylation is 1. The van der Waals surface area contributed by atoms with Crippen LogP contribution in [-0.4, -0.2) is 25.6 Å². The SMILES string of the molecule is COc1cccc(CC(=O)OCC(=O)Nc2ccc(C)cc2)c1. The van der Waals surface area contributed by atoms with Gasteiger partial charge in [-0.2, -0.15) is 0 Å². The third-order valence-corrected chi connectivity index (χ3v) is 3.18. The highest BCUT2D eigenvalue weighted by atomic mass is 16.5. The highest BCUT2D eigenvalue weighted by molar-refractivity contribution is 5.92. The molecule has 0 aliphatic rings. The first-order valence-corrected chi connectivity index (χ1v) is 7.22. The van der Waals surface area contributed by atoms with Crippen molar-refractivity contribution in [2.24, 2.45) is 0 Å². The molecule has 0 fully saturated rings. The predicted molar refractivity (Wildman–Crippen MR) is 87.5 cm³/mol. The van der Waals surface area contributed by atoms with Gasteiger partial charge in [-0.25, -0.2) is 0 Å². The molecule has 2 aromatic rings. The minimum absolute atomic E-state index is 0.0923. The van der Waals surface area contributed by atoms with Gasteiger partial charge in [-0.3, -0.25) is 9.59 Å². The summed E-state index contributed by atoms with van der Waals surface area (Å²) >= 11 is 0. The molecule has 23 heavy (non-hydrogen) atoms. The van der Waals surface area contributed by atoms with Crippen molar-refractivity contribution < 1.29 is 19.1 Å². The highest BCUT2D eigenvalue weighted by Crippen LogP contribution is 2.13. The first-order valence-electron chi connectivity index (χ1n) is 7.22. The number of amides is 1. The lowest BCUT2D eigenvalue weighted by Gasteiger charge is -2.07. The number of hydrogen-bond acceptors (Lipinski definition) is 4. The van der Waals surface area contributed by atoms with E-state index in [4.69, 9.17) is 9.47 Å². The van der Waals surface area contributed by atoms with Crippen molar-refractivity contribution in [1.29, 1.82) is 0 Å². The van der Waals surface area contributed by atoms with E-state index in [0.29, 0.717) is 11.4 Å². The van der Waals surface area contributed by atoms with E-state index < -0.39 is 5.97 Å². The number of ether oxygens (including phenoxy) is 2. The van der Waals surface area contributed by atoms with Crippen molar-refractivity contribution in [3.8, 4) is 5.75 Å². The van der Waals surface area contributed by atoms with E-state index in [2.05, 4.69) is 5.32 Å². The number of nitrogens with one attached hydrogen (secondary N) is 1. The van der Waals surface area contributed by atoms with Crippen molar-refractivity contribution in [2.75, 3.05) is 19.0 Å². The summed E-state index contributed by atoms with van der Waals surface area (Å²) in [5, 5.41) is 2.67. The van der Waals surface area contributed by atoms with Gasteiger partial charge in [0.05, 0.1) is 13.5 Å².